The van der Waals surface area contributed by atoms with E-state index in [0.29, 0.717) is 5.75 Å². The highest BCUT2D eigenvalue weighted by Crippen LogP contribution is 2.56. The predicted octanol–water partition coefficient (Wildman–Crippen LogP) is 6.63. The van der Waals surface area contributed by atoms with Crippen LogP contribution in [0.4, 0.5) is 0 Å². The maximum absolute atomic E-state index is 10.6. The average molecular weight is 371 g/mol. The van der Waals surface area contributed by atoms with Crippen LogP contribution in [-0.4, -0.2) is 16.6 Å². The summed E-state index contributed by atoms with van der Waals surface area (Å²) in [5, 5.41) is 11.4. The van der Waals surface area contributed by atoms with Gasteiger partial charge >= 0.3 is 0 Å². The molecule has 25 heavy (non-hydrogen) atoms. The molecule has 130 valence electrons. The number of phenolic OH excluding ortho intramolecular Hbond substituents is 1. The first-order valence-corrected chi connectivity index (χ1v) is 10.8. The van der Waals surface area contributed by atoms with Crippen molar-refractivity contribution in [1.29, 1.82) is 0 Å². The van der Waals surface area contributed by atoms with Crippen molar-refractivity contribution < 1.29 is 9.52 Å². The molecule has 1 fully saturated rings. The van der Waals surface area contributed by atoms with Gasteiger partial charge in [0.2, 0.25) is 0 Å². The second-order valence-corrected chi connectivity index (χ2v) is 9.48. The van der Waals surface area contributed by atoms with Gasteiger partial charge in [-0.2, -0.15) is 0 Å². The number of thioether (sulfide) groups is 2. The van der Waals surface area contributed by atoms with Crippen LogP contribution >= 0.6 is 23.5 Å². The minimum absolute atomic E-state index is 0.0569. The van der Waals surface area contributed by atoms with E-state index in [4.69, 9.17) is 4.42 Å². The molecule has 0 spiro atoms. The van der Waals surface area contributed by atoms with Crippen LogP contribution in [0.15, 0.2) is 52.9 Å². The zero-order chi connectivity index (χ0) is 17.3. The molecule has 1 aromatic heterocycles. The second-order valence-electron chi connectivity index (χ2n) is 6.44. The van der Waals surface area contributed by atoms with Crippen LogP contribution in [0.25, 0.3) is 22.3 Å². The van der Waals surface area contributed by atoms with Crippen molar-refractivity contribution in [3.05, 3.63) is 54.1 Å². The second kappa shape index (κ2) is 7.00. The highest BCUT2D eigenvalue weighted by atomic mass is 32.2. The predicted molar refractivity (Wildman–Crippen MR) is 109 cm³/mol. The van der Waals surface area contributed by atoms with E-state index in [1.165, 1.54) is 29.9 Å². The molecular weight excluding hydrogens is 348 g/mol. The summed E-state index contributed by atoms with van der Waals surface area (Å²) in [6.45, 7) is 2.23. The molecule has 0 saturated carbocycles. The molecule has 1 saturated heterocycles. The minimum Gasteiger partial charge on any atom is -0.507 e. The van der Waals surface area contributed by atoms with Crippen molar-refractivity contribution in [2.45, 2.75) is 30.3 Å². The molecule has 0 amide bonds. The van der Waals surface area contributed by atoms with Gasteiger partial charge in [0.25, 0.3) is 0 Å². The maximum Gasteiger partial charge on any atom is 0.138 e. The Bertz CT molecular complexity index is 864. The highest BCUT2D eigenvalue weighted by molar-refractivity contribution is 8.20. The zero-order valence-corrected chi connectivity index (χ0v) is 16.0. The molecule has 0 radical (unpaired) electrons. The van der Waals surface area contributed by atoms with E-state index >= 15 is 0 Å². The van der Waals surface area contributed by atoms with Crippen LogP contribution in [0.5, 0.6) is 5.75 Å². The van der Waals surface area contributed by atoms with Crippen LogP contribution in [0.3, 0.4) is 0 Å². The van der Waals surface area contributed by atoms with E-state index in [1.807, 2.05) is 66.0 Å². The summed E-state index contributed by atoms with van der Waals surface area (Å²) >= 11 is 4.03. The Hall–Kier alpha value is -1.52. The Kier molecular flexibility index (Phi) is 4.74. The minimum atomic E-state index is 0.0569. The number of benzene rings is 2. The summed E-state index contributed by atoms with van der Waals surface area (Å²) in [5.41, 5.74) is 3.00. The molecule has 3 aromatic rings. The van der Waals surface area contributed by atoms with E-state index in [1.54, 1.807) is 0 Å². The lowest BCUT2D eigenvalue weighted by Crippen LogP contribution is -2.14. The molecule has 4 heteroatoms. The smallest absolute Gasteiger partial charge is 0.138 e. The molecule has 4 rings (SSSR count). The lowest BCUT2D eigenvalue weighted by Gasteiger charge is -2.28. The molecule has 1 N–H and O–H groups in total. The van der Waals surface area contributed by atoms with Crippen molar-refractivity contribution >= 4 is 34.5 Å². The van der Waals surface area contributed by atoms with Crippen molar-refractivity contribution in [2.24, 2.45) is 0 Å². The molecule has 2 nitrogen and oxygen atoms in total. The molecular formula is C21H22O2S2. The van der Waals surface area contributed by atoms with Crippen LogP contribution in [0.1, 0.15) is 31.7 Å². The third-order valence-electron chi connectivity index (χ3n) is 4.73. The van der Waals surface area contributed by atoms with Gasteiger partial charge in [0, 0.05) is 17.1 Å². The Morgan fingerprint density at radius 2 is 1.84 bits per heavy atom. The van der Waals surface area contributed by atoms with Gasteiger partial charge in [-0.15, -0.1) is 23.5 Å². The number of phenols is 1. The molecule has 0 aliphatic carbocycles. The fraction of sp³-hybridized carbons (Fsp3) is 0.333. The largest absolute Gasteiger partial charge is 0.507 e. The molecule has 0 atom stereocenters. The summed E-state index contributed by atoms with van der Waals surface area (Å²) in [6, 6.07) is 16.1. The van der Waals surface area contributed by atoms with Gasteiger partial charge in [-0.3, -0.25) is 0 Å². The topological polar surface area (TPSA) is 33.4 Å². The normalized spacial score (nSPS) is 16.5. The van der Waals surface area contributed by atoms with E-state index in [9.17, 15) is 5.11 Å². The van der Waals surface area contributed by atoms with Gasteiger partial charge in [-0.1, -0.05) is 50.1 Å². The van der Waals surface area contributed by atoms with E-state index in [-0.39, 0.29) is 4.08 Å². The Morgan fingerprint density at radius 1 is 1.08 bits per heavy atom. The van der Waals surface area contributed by atoms with Crippen molar-refractivity contribution in [1.82, 2.24) is 0 Å². The fourth-order valence-corrected chi connectivity index (χ4v) is 6.71. The molecule has 2 aromatic carbocycles. The zero-order valence-electron chi connectivity index (χ0n) is 14.3. The molecule has 1 aliphatic heterocycles. The number of fused-ring (bicyclic) bond motifs is 1. The van der Waals surface area contributed by atoms with Gasteiger partial charge < -0.3 is 9.52 Å². The van der Waals surface area contributed by atoms with E-state index in [0.717, 1.165) is 28.7 Å². The van der Waals surface area contributed by atoms with Gasteiger partial charge in [0.15, 0.2) is 0 Å². The van der Waals surface area contributed by atoms with E-state index < -0.39 is 0 Å². The molecule has 1 aliphatic rings. The third-order valence-corrected chi connectivity index (χ3v) is 8.32. The number of aromatic hydroxyl groups is 1. The van der Waals surface area contributed by atoms with Crippen molar-refractivity contribution in [2.75, 3.05) is 11.5 Å². The Balaban J connectivity index is 1.78. The van der Waals surface area contributed by atoms with Crippen LogP contribution < -0.4 is 0 Å². The lowest BCUT2D eigenvalue weighted by atomic mass is 10.0. The first-order valence-electron chi connectivity index (χ1n) is 8.82. The summed E-state index contributed by atoms with van der Waals surface area (Å²) in [6.07, 6.45) is 3.53. The van der Waals surface area contributed by atoms with Crippen molar-refractivity contribution in [3.8, 4) is 17.1 Å². The number of rotatable bonds is 5. The summed E-state index contributed by atoms with van der Waals surface area (Å²) < 4.78 is 6.16. The Morgan fingerprint density at radius 3 is 2.56 bits per heavy atom. The summed E-state index contributed by atoms with van der Waals surface area (Å²) in [4.78, 5) is 0. The Labute approximate surface area is 157 Å². The van der Waals surface area contributed by atoms with Gasteiger partial charge in [0.1, 0.15) is 17.1 Å². The van der Waals surface area contributed by atoms with Crippen LogP contribution in [0, 0.1) is 0 Å². The van der Waals surface area contributed by atoms with Crippen LogP contribution in [-0.2, 0) is 4.08 Å². The summed E-state index contributed by atoms with van der Waals surface area (Å²) in [7, 11) is 0. The quantitative estimate of drug-likeness (QED) is 0.546. The number of furan rings is 1. The molecule has 2 heterocycles. The van der Waals surface area contributed by atoms with Gasteiger partial charge in [-0.25, -0.2) is 0 Å². The fourth-order valence-electron chi connectivity index (χ4n) is 3.40. The number of hydrogen-bond acceptors (Lipinski definition) is 4. The molecule has 0 bridgehead atoms. The van der Waals surface area contributed by atoms with E-state index in [2.05, 4.69) is 13.0 Å². The SMILES string of the molecule is CCCCC1(c2cc(O)c3cc(-c4ccccc4)oc3c2)SCCS1. The maximum atomic E-state index is 10.6. The van der Waals surface area contributed by atoms with Gasteiger partial charge in [0.05, 0.1) is 9.47 Å². The summed E-state index contributed by atoms with van der Waals surface area (Å²) in [5.74, 6) is 3.46. The number of unbranched alkanes of at least 4 members (excludes halogenated alkanes) is 1. The highest BCUT2D eigenvalue weighted by Gasteiger charge is 2.37. The third kappa shape index (κ3) is 3.18. The first-order chi connectivity index (χ1) is 12.2. The van der Waals surface area contributed by atoms with Crippen molar-refractivity contribution in [3.63, 3.8) is 0 Å². The van der Waals surface area contributed by atoms with Gasteiger partial charge in [-0.05, 0) is 30.2 Å². The monoisotopic (exact) mass is 370 g/mol. The lowest BCUT2D eigenvalue weighted by molar-refractivity contribution is 0.480. The average Bonchev–Trinajstić information content (AvgIpc) is 3.29. The first kappa shape index (κ1) is 16.9. The van der Waals surface area contributed by atoms with Crippen LogP contribution in [0.2, 0.25) is 0 Å². The molecule has 0 unspecified atom stereocenters. The number of hydrogen-bond donors (Lipinski definition) is 1. The standard InChI is InChI=1S/C21H22O2S2/c1-2-3-9-21(24-10-11-25-21)16-12-18(22)17-14-19(23-20(17)13-16)15-7-5-4-6-8-15/h4-8,12-14,22H,2-3,9-11H2,1H3.